The molecule has 3 aromatic rings. The molecule has 1 fully saturated rings. The van der Waals surface area contributed by atoms with E-state index < -0.39 is 0 Å². The minimum Gasteiger partial charge on any atom is -0.347 e. The lowest BCUT2D eigenvalue weighted by molar-refractivity contribution is 0.0500. The number of benzene rings is 2. The Kier molecular flexibility index (Phi) is 4.51. The van der Waals surface area contributed by atoms with Crippen LogP contribution in [-0.2, 0) is 6.54 Å². The summed E-state index contributed by atoms with van der Waals surface area (Å²) < 4.78 is 2.16. The molecule has 26 heavy (non-hydrogen) atoms. The van der Waals surface area contributed by atoms with E-state index in [0.29, 0.717) is 0 Å². The first-order valence-corrected chi connectivity index (χ1v) is 9.31. The van der Waals surface area contributed by atoms with E-state index >= 15 is 0 Å². The van der Waals surface area contributed by atoms with Gasteiger partial charge in [-0.1, -0.05) is 48.5 Å². The fourth-order valence-corrected chi connectivity index (χ4v) is 3.96. The fraction of sp³-hybridized carbons (Fsp3) is 0.318. The normalized spacial score (nSPS) is 18.4. The third-order valence-electron chi connectivity index (χ3n) is 5.39. The highest BCUT2D eigenvalue weighted by molar-refractivity contribution is 6.07. The van der Waals surface area contributed by atoms with Crippen LogP contribution in [-0.4, -0.2) is 47.0 Å². The van der Waals surface area contributed by atoms with Crippen molar-refractivity contribution in [1.29, 1.82) is 0 Å². The number of hydrogen-bond donors (Lipinski definition) is 0. The molecule has 1 atom stereocenters. The first-order chi connectivity index (χ1) is 12.7. The molecule has 2 aromatic carbocycles. The summed E-state index contributed by atoms with van der Waals surface area (Å²) in [6.45, 7) is 5.49. The van der Waals surface area contributed by atoms with Gasteiger partial charge in [0, 0.05) is 43.3 Å². The largest absolute Gasteiger partial charge is 0.347 e. The summed E-state index contributed by atoms with van der Waals surface area (Å²) in [6.07, 6.45) is 2.02. The second-order valence-electron chi connectivity index (χ2n) is 7.03. The number of hydrogen-bond acceptors (Lipinski definition) is 2. The first-order valence-electron chi connectivity index (χ1n) is 9.31. The van der Waals surface area contributed by atoms with Gasteiger partial charge in [0.2, 0.25) is 0 Å². The van der Waals surface area contributed by atoms with Crippen molar-refractivity contribution in [2.24, 2.45) is 0 Å². The lowest BCUT2D eigenvalue weighted by atomic mass is 10.0. The van der Waals surface area contributed by atoms with Crippen LogP contribution in [0.5, 0.6) is 0 Å². The van der Waals surface area contributed by atoms with Gasteiger partial charge in [-0.15, -0.1) is 0 Å². The van der Waals surface area contributed by atoms with E-state index in [4.69, 9.17) is 0 Å². The Labute approximate surface area is 154 Å². The lowest BCUT2D eigenvalue weighted by Gasteiger charge is -2.40. The van der Waals surface area contributed by atoms with E-state index in [-0.39, 0.29) is 11.9 Å². The van der Waals surface area contributed by atoms with E-state index in [1.54, 1.807) is 0 Å². The number of aryl methyl sites for hydroxylation is 1. The molecule has 1 unspecified atom stereocenters. The summed E-state index contributed by atoms with van der Waals surface area (Å²) in [5.41, 5.74) is 3.14. The number of rotatable bonds is 3. The van der Waals surface area contributed by atoms with Crippen molar-refractivity contribution in [3.05, 3.63) is 71.9 Å². The SMILES string of the molecule is CCn1cc(C(=O)N2CCN(C)CC2c2ccccc2)c2ccccc21. The Morgan fingerprint density at radius 3 is 2.54 bits per heavy atom. The molecule has 1 aliphatic heterocycles. The smallest absolute Gasteiger partial charge is 0.256 e. The quantitative estimate of drug-likeness (QED) is 0.721. The minimum absolute atomic E-state index is 0.0891. The first kappa shape index (κ1) is 16.9. The molecule has 0 aliphatic carbocycles. The average molecular weight is 347 g/mol. The monoisotopic (exact) mass is 347 g/mol. The topological polar surface area (TPSA) is 28.5 Å². The van der Waals surface area contributed by atoms with Crippen LogP contribution >= 0.6 is 0 Å². The van der Waals surface area contributed by atoms with Crippen LogP contribution in [0.3, 0.4) is 0 Å². The summed E-state index contributed by atoms with van der Waals surface area (Å²) in [6, 6.07) is 18.7. The van der Waals surface area contributed by atoms with Gasteiger partial charge in [-0.05, 0) is 25.6 Å². The van der Waals surface area contributed by atoms with Crippen molar-refractivity contribution in [1.82, 2.24) is 14.4 Å². The molecular weight excluding hydrogens is 322 g/mol. The van der Waals surface area contributed by atoms with Crippen molar-refractivity contribution < 1.29 is 4.79 Å². The van der Waals surface area contributed by atoms with E-state index in [1.807, 2.05) is 24.4 Å². The average Bonchev–Trinajstić information content (AvgIpc) is 3.07. The van der Waals surface area contributed by atoms with E-state index in [0.717, 1.165) is 42.6 Å². The van der Waals surface area contributed by atoms with Crippen molar-refractivity contribution in [3.8, 4) is 0 Å². The maximum atomic E-state index is 13.5. The van der Waals surface area contributed by atoms with Gasteiger partial charge in [-0.25, -0.2) is 0 Å². The molecule has 0 radical (unpaired) electrons. The Morgan fingerprint density at radius 2 is 1.77 bits per heavy atom. The van der Waals surface area contributed by atoms with Crippen LogP contribution in [0.25, 0.3) is 10.9 Å². The van der Waals surface area contributed by atoms with Crippen molar-refractivity contribution in [2.45, 2.75) is 19.5 Å². The number of carbonyl (C=O) groups excluding carboxylic acids is 1. The van der Waals surface area contributed by atoms with Crippen LogP contribution in [0.1, 0.15) is 28.9 Å². The third kappa shape index (κ3) is 2.90. The van der Waals surface area contributed by atoms with E-state index in [1.165, 1.54) is 5.56 Å². The zero-order valence-corrected chi connectivity index (χ0v) is 15.4. The summed E-state index contributed by atoms with van der Waals surface area (Å²) in [5.74, 6) is 0.135. The maximum absolute atomic E-state index is 13.5. The van der Waals surface area contributed by atoms with Crippen molar-refractivity contribution in [3.63, 3.8) is 0 Å². The Hall–Kier alpha value is -2.59. The molecule has 4 rings (SSSR count). The molecule has 1 aromatic heterocycles. The lowest BCUT2D eigenvalue weighted by Crippen LogP contribution is -2.49. The molecular formula is C22H25N3O. The third-order valence-corrected chi connectivity index (χ3v) is 5.39. The maximum Gasteiger partial charge on any atom is 0.256 e. The molecule has 2 heterocycles. The van der Waals surface area contributed by atoms with Gasteiger partial charge < -0.3 is 14.4 Å². The molecule has 1 saturated heterocycles. The van der Waals surface area contributed by atoms with Crippen LogP contribution < -0.4 is 0 Å². The summed E-state index contributed by atoms with van der Waals surface area (Å²) in [5, 5.41) is 1.05. The molecule has 1 aliphatic rings. The van der Waals surface area contributed by atoms with Gasteiger partial charge >= 0.3 is 0 Å². The predicted octanol–water partition coefficient (Wildman–Crippen LogP) is 3.79. The summed E-state index contributed by atoms with van der Waals surface area (Å²) >= 11 is 0. The van der Waals surface area contributed by atoms with Gasteiger partial charge in [-0.3, -0.25) is 4.79 Å². The zero-order chi connectivity index (χ0) is 18.1. The van der Waals surface area contributed by atoms with Crippen LogP contribution in [0.2, 0.25) is 0 Å². The second kappa shape index (κ2) is 6.96. The van der Waals surface area contributed by atoms with Crippen LogP contribution in [0.15, 0.2) is 60.8 Å². The summed E-state index contributed by atoms with van der Waals surface area (Å²) in [4.78, 5) is 17.9. The fourth-order valence-electron chi connectivity index (χ4n) is 3.96. The number of para-hydroxylation sites is 1. The van der Waals surface area contributed by atoms with Crippen LogP contribution in [0.4, 0.5) is 0 Å². The second-order valence-corrected chi connectivity index (χ2v) is 7.03. The van der Waals surface area contributed by atoms with E-state index in [9.17, 15) is 4.79 Å². The Morgan fingerprint density at radius 1 is 1.04 bits per heavy atom. The molecule has 0 bridgehead atoms. The molecule has 0 saturated carbocycles. The van der Waals surface area contributed by atoms with Crippen molar-refractivity contribution in [2.75, 3.05) is 26.7 Å². The number of piperazine rings is 1. The van der Waals surface area contributed by atoms with Gasteiger partial charge in [-0.2, -0.15) is 0 Å². The zero-order valence-electron chi connectivity index (χ0n) is 15.4. The highest BCUT2D eigenvalue weighted by atomic mass is 16.2. The number of aromatic nitrogens is 1. The standard InChI is InChI=1S/C22H25N3O/c1-3-24-15-19(18-11-7-8-12-20(18)24)22(26)25-14-13-23(2)16-21(25)17-9-5-4-6-10-17/h4-12,15,21H,3,13-14,16H2,1-2H3. The molecule has 4 heteroatoms. The molecule has 4 nitrogen and oxygen atoms in total. The Balaban J connectivity index is 1.75. The van der Waals surface area contributed by atoms with Crippen LogP contribution in [0, 0.1) is 0 Å². The number of likely N-dealkylation sites (N-methyl/N-ethyl adjacent to an activating group) is 1. The van der Waals surface area contributed by atoms with Gasteiger partial charge in [0.1, 0.15) is 0 Å². The number of fused-ring (bicyclic) bond motifs is 1. The molecule has 0 spiro atoms. The predicted molar refractivity (Wildman–Crippen MR) is 105 cm³/mol. The number of amides is 1. The van der Waals surface area contributed by atoms with Gasteiger partial charge in [0.25, 0.3) is 5.91 Å². The Bertz CT molecular complexity index is 916. The highest BCUT2D eigenvalue weighted by Crippen LogP contribution is 2.29. The van der Waals surface area contributed by atoms with Crippen molar-refractivity contribution >= 4 is 16.8 Å². The summed E-state index contributed by atoms with van der Waals surface area (Å²) in [7, 11) is 2.13. The number of nitrogens with zero attached hydrogens (tertiary/aromatic N) is 3. The molecule has 0 N–H and O–H groups in total. The van der Waals surface area contributed by atoms with E-state index in [2.05, 4.69) is 64.7 Å². The minimum atomic E-state index is 0.0891. The van der Waals surface area contributed by atoms with Gasteiger partial charge in [0.05, 0.1) is 11.6 Å². The molecule has 134 valence electrons. The van der Waals surface area contributed by atoms with Gasteiger partial charge in [0.15, 0.2) is 0 Å². The number of carbonyl (C=O) groups is 1. The molecule has 1 amide bonds. The highest BCUT2D eigenvalue weighted by Gasteiger charge is 2.32.